The van der Waals surface area contributed by atoms with Gasteiger partial charge in [-0.1, -0.05) is 57.4 Å². The average Bonchev–Trinajstić information content (AvgIpc) is 3.31. The van der Waals surface area contributed by atoms with Crippen LogP contribution in [0.2, 0.25) is 0 Å². The lowest BCUT2D eigenvalue weighted by Gasteiger charge is -2.27. The molecule has 3 atom stereocenters. The van der Waals surface area contributed by atoms with Gasteiger partial charge in [0.1, 0.15) is 18.1 Å². The maximum Gasteiger partial charge on any atom is 0.326 e. The Bertz CT molecular complexity index is 1430. The van der Waals surface area contributed by atoms with E-state index in [-0.39, 0.29) is 24.8 Å². The number of aromatic nitrogens is 2. The maximum atomic E-state index is 13.7. The van der Waals surface area contributed by atoms with Crippen LogP contribution in [-0.2, 0) is 34.3 Å². The Morgan fingerprint density at radius 2 is 1.57 bits per heavy atom. The second-order valence-electron chi connectivity index (χ2n) is 12.1. The van der Waals surface area contributed by atoms with Crippen molar-refractivity contribution in [3.8, 4) is 0 Å². The summed E-state index contributed by atoms with van der Waals surface area (Å²) in [6, 6.07) is 9.33. The van der Waals surface area contributed by atoms with E-state index in [4.69, 9.17) is 0 Å². The number of amides is 4. The van der Waals surface area contributed by atoms with Crippen molar-refractivity contribution in [1.29, 1.82) is 0 Å². The van der Waals surface area contributed by atoms with Gasteiger partial charge in [0, 0.05) is 54.9 Å². The molecule has 1 aliphatic carbocycles. The number of hydrogen-bond donors (Lipinski definition) is 5. The van der Waals surface area contributed by atoms with Crippen molar-refractivity contribution in [1.82, 2.24) is 30.8 Å². The second-order valence-corrected chi connectivity index (χ2v) is 12.1. The van der Waals surface area contributed by atoms with E-state index in [1.165, 1.54) is 0 Å². The molecule has 1 fully saturated rings. The predicted molar refractivity (Wildman–Crippen MR) is 168 cm³/mol. The molecule has 0 aliphatic heterocycles. The number of fused-ring (bicyclic) bond motifs is 1. The number of benzene rings is 1. The molecule has 44 heavy (non-hydrogen) atoms. The molecule has 0 radical (unpaired) electrons. The van der Waals surface area contributed by atoms with Crippen LogP contribution < -0.4 is 21.3 Å². The first kappa shape index (κ1) is 32.5. The van der Waals surface area contributed by atoms with Crippen LogP contribution in [0.25, 0.3) is 10.9 Å². The van der Waals surface area contributed by atoms with Gasteiger partial charge < -0.3 is 30.9 Å². The number of urea groups is 1. The number of hydrogen-bond acceptors (Lipinski definition) is 5. The highest BCUT2D eigenvalue weighted by atomic mass is 16.4. The van der Waals surface area contributed by atoms with Crippen molar-refractivity contribution < 1.29 is 24.3 Å². The third-order valence-corrected chi connectivity index (χ3v) is 8.06. The zero-order chi connectivity index (χ0) is 31.6. The molecule has 4 amide bonds. The summed E-state index contributed by atoms with van der Waals surface area (Å²) in [5.74, 6) is -2.27. The van der Waals surface area contributed by atoms with Crippen LogP contribution in [0, 0.1) is 5.92 Å². The lowest BCUT2D eigenvalue weighted by Crippen LogP contribution is -2.58. The number of carboxylic acids is 1. The molecule has 236 valence electrons. The lowest BCUT2D eigenvalue weighted by molar-refractivity contribution is -0.142. The van der Waals surface area contributed by atoms with Crippen LogP contribution in [0.15, 0.2) is 54.9 Å². The average molecular weight is 605 g/mol. The minimum atomic E-state index is -1.25. The number of nitrogens with zero attached hydrogens (tertiary/aromatic N) is 2. The number of para-hydroxylation sites is 1. The van der Waals surface area contributed by atoms with E-state index in [2.05, 4.69) is 26.3 Å². The molecule has 0 unspecified atom stereocenters. The maximum absolute atomic E-state index is 13.7. The van der Waals surface area contributed by atoms with Crippen molar-refractivity contribution in [3.05, 3.63) is 66.1 Å². The number of carboxylic acid groups (broad SMARTS) is 1. The zero-order valence-corrected chi connectivity index (χ0v) is 25.7. The SMILES string of the molecule is CC(C)C[C@H](NC(=O)NC1CCCCC1)C(=O)N[C@H](Cc1cn(C)c2ccccc12)C(=O)N[C@H](Cc1ccccn1)C(=O)O. The molecule has 1 aromatic carbocycles. The smallest absolute Gasteiger partial charge is 0.326 e. The molecule has 11 nitrogen and oxygen atoms in total. The summed E-state index contributed by atoms with van der Waals surface area (Å²) in [6.45, 7) is 3.91. The molecule has 3 aromatic rings. The topological polar surface area (TPSA) is 154 Å². The summed E-state index contributed by atoms with van der Waals surface area (Å²) < 4.78 is 1.95. The first-order valence-electron chi connectivity index (χ1n) is 15.4. The van der Waals surface area contributed by atoms with Crippen molar-refractivity contribution in [2.24, 2.45) is 13.0 Å². The number of aliphatic carboxylic acids is 1. The van der Waals surface area contributed by atoms with Crippen LogP contribution in [0.4, 0.5) is 4.79 Å². The van der Waals surface area contributed by atoms with E-state index in [1.54, 1.807) is 24.4 Å². The van der Waals surface area contributed by atoms with E-state index in [1.807, 2.05) is 55.9 Å². The summed E-state index contributed by atoms with van der Waals surface area (Å²) in [5.41, 5.74) is 2.30. The second kappa shape index (κ2) is 15.4. The Morgan fingerprint density at radius 1 is 0.886 bits per heavy atom. The Hall–Kier alpha value is -4.41. The Morgan fingerprint density at radius 3 is 2.25 bits per heavy atom. The van der Waals surface area contributed by atoms with Gasteiger partial charge in [0.25, 0.3) is 0 Å². The minimum absolute atomic E-state index is 0.0181. The third-order valence-electron chi connectivity index (χ3n) is 8.06. The molecule has 1 aliphatic rings. The normalized spacial score (nSPS) is 15.7. The van der Waals surface area contributed by atoms with Crippen molar-refractivity contribution >= 4 is 34.7 Å². The van der Waals surface area contributed by atoms with E-state index >= 15 is 0 Å². The molecule has 0 spiro atoms. The van der Waals surface area contributed by atoms with E-state index < -0.39 is 41.9 Å². The molecule has 5 N–H and O–H groups in total. The Labute approximate surface area is 258 Å². The van der Waals surface area contributed by atoms with Gasteiger partial charge >= 0.3 is 12.0 Å². The van der Waals surface area contributed by atoms with Gasteiger partial charge in [-0.2, -0.15) is 0 Å². The van der Waals surface area contributed by atoms with E-state index in [0.29, 0.717) is 12.1 Å². The number of carbonyl (C=O) groups is 4. The quantitative estimate of drug-likeness (QED) is 0.201. The minimum Gasteiger partial charge on any atom is -0.480 e. The number of carbonyl (C=O) groups excluding carboxylic acids is 3. The van der Waals surface area contributed by atoms with Gasteiger partial charge in [-0.15, -0.1) is 0 Å². The number of nitrogens with one attached hydrogen (secondary N) is 4. The highest BCUT2D eigenvalue weighted by Crippen LogP contribution is 2.22. The largest absolute Gasteiger partial charge is 0.480 e. The number of aryl methyl sites for hydroxylation is 1. The van der Waals surface area contributed by atoms with Crippen LogP contribution in [-0.4, -0.2) is 62.6 Å². The van der Waals surface area contributed by atoms with Gasteiger partial charge in [-0.3, -0.25) is 14.6 Å². The summed E-state index contributed by atoms with van der Waals surface area (Å²) in [4.78, 5) is 56.7. The molecule has 0 bridgehead atoms. The Balaban J connectivity index is 1.55. The van der Waals surface area contributed by atoms with Crippen molar-refractivity contribution in [2.45, 2.75) is 89.4 Å². The fourth-order valence-electron chi connectivity index (χ4n) is 5.83. The molecule has 2 aromatic heterocycles. The number of pyridine rings is 1. The van der Waals surface area contributed by atoms with Gasteiger partial charge in [-0.25, -0.2) is 9.59 Å². The van der Waals surface area contributed by atoms with Gasteiger partial charge in [0.15, 0.2) is 0 Å². The molecule has 0 saturated heterocycles. The van der Waals surface area contributed by atoms with E-state index in [0.717, 1.165) is 48.6 Å². The predicted octanol–water partition coefficient (Wildman–Crippen LogP) is 3.46. The van der Waals surface area contributed by atoms with Gasteiger partial charge in [0.2, 0.25) is 11.8 Å². The standard InChI is InChI=1S/C33H44N6O5/c1-21(2)17-26(38-33(44)35-23-11-5-4-6-12-23)30(40)36-27(18-22-20-39(3)29-15-8-7-14-25(22)29)31(41)37-28(32(42)43)19-24-13-9-10-16-34-24/h7-10,13-16,20-21,23,26-28H,4-6,11-12,17-19H2,1-3H3,(H,36,40)(H,37,41)(H,42,43)(H2,35,38,44)/t26-,27+,28+/m0/s1. The van der Waals surface area contributed by atoms with E-state index in [9.17, 15) is 24.3 Å². The monoisotopic (exact) mass is 604 g/mol. The van der Waals surface area contributed by atoms with Crippen molar-refractivity contribution in [3.63, 3.8) is 0 Å². The summed E-state index contributed by atoms with van der Waals surface area (Å²) >= 11 is 0. The van der Waals surface area contributed by atoms with Gasteiger partial charge in [0.05, 0.1) is 0 Å². The van der Waals surface area contributed by atoms with Crippen LogP contribution >= 0.6 is 0 Å². The van der Waals surface area contributed by atoms with Crippen LogP contribution in [0.5, 0.6) is 0 Å². The van der Waals surface area contributed by atoms with Crippen LogP contribution in [0.1, 0.15) is 63.6 Å². The summed E-state index contributed by atoms with van der Waals surface area (Å²) in [7, 11) is 1.90. The highest BCUT2D eigenvalue weighted by molar-refractivity contribution is 5.94. The highest BCUT2D eigenvalue weighted by Gasteiger charge is 2.31. The Kier molecular flexibility index (Phi) is 11.3. The molecular weight excluding hydrogens is 560 g/mol. The lowest BCUT2D eigenvalue weighted by atomic mass is 9.96. The molecule has 1 saturated carbocycles. The fourth-order valence-corrected chi connectivity index (χ4v) is 5.83. The third kappa shape index (κ3) is 9.05. The first-order valence-corrected chi connectivity index (χ1v) is 15.4. The molecule has 11 heteroatoms. The zero-order valence-electron chi connectivity index (χ0n) is 25.7. The first-order chi connectivity index (χ1) is 21.1. The summed E-state index contributed by atoms with van der Waals surface area (Å²) in [5, 5.41) is 22.1. The summed E-state index contributed by atoms with van der Waals surface area (Å²) in [6.07, 6.45) is 9.02. The molecular formula is C33H44N6O5. The number of rotatable bonds is 13. The van der Waals surface area contributed by atoms with Crippen LogP contribution in [0.3, 0.4) is 0 Å². The molecule has 4 rings (SSSR count). The molecule has 2 heterocycles. The van der Waals surface area contributed by atoms with Crippen molar-refractivity contribution in [2.75, 3.05) is 0 Å². The van der Waals surface area contributed by atoms with Gasteiger partial charge in [-0.05, 0) is 48.9 Å². The fraction of sp³-hybridized carbons (Fsp3) is 0.485.